The molecule has 0 aliphatic carbocycles. The predicted octanol–water partition coefficient (Wildman–Crippen LogP) is 8.48. The average molecular weight is 425 g/mol. The van der Waals surface area contributed by atoms with Crippen molar-refractivity contribution in [3.63, 3.8) is 0 Å². The van der Waals surface area contributed by atoms with E-state index in [1.807, 2.05) is 0 Å². The lowest BCUT2D eigenvalue weighted by Crippen LogP contribution is -2.47. The lowest BCUT2D eigenvalue weighted by molar-refractivity contribution is -0.102. The molecule has 1 atom stereocenters. The fourth-order valence-corrected chi connectivity index (χ4v) is 4.99. The van der Waals surface area contributed by atoms with Crippen LogP contribution in [0.5, 0.6) is 0 Å². The Bertz CT molecular complexity index is 574. The normalized spacial score (nSPS) is 13.4. The third kappa shape index (κ3) is 8.65. The van der Waals surface area contributed by atoms with Crippen LogP contribution in [0.15, 0.2) is 18.2 Å². The van der Waals surface area contributed by atoms with Gasteiger partial charge in [0, 0.05) is 6.07 Å². The van der Waals surface area contributed by atoms with Gasteiger partial charge in [-0.1, -0.05) is 92.1 Å². The van der Waals surface area contributed by atoms with Crippen LogP contribution in [0.25, 0.3) is 0 Å². The molecule has 0 radical (unpaired) electrons. The fraction of sp³-hybridized carbons (Fsp3) is 0.778. The lowest BCUT2D eigenvalue weighted by Gasteiger charge is -2.43. The van der Waals surface area contributed by atoms with E-state index in [-0.39, 0.29) is 11.8 Å². The molecule has 0 saturated heterocycles. The quantitative estimate of drug-likeness (QED) is 0.264. The summed E-state index contributed by atoms with van der Waals surface area (Å²) in [7, 11) is 0. The van der Waals surface area contributed by atoms with Crippen LogP contribution in [0.2, 0.25) is 0 Å². The number of aliphatic hydroxyl groups is 1. The number of aryl methyl sites for hydroxylation is 1. The second-order valence-electron chi connectivity index (χ2n) is 9.79. The summed E-state index contributed by atoms with van der Waals surface area (Å²) >= 11 is 0. The van der Waals surface area contributed by atoms with Gasteiger partial charge in [-0.25, -0.2) is 8.78 Å². The zero-order chi connectivity index (χ0) is 22.6. The van der Waals surface area contributed by atoms with Crippen molar-refractivity contribution in [2.75, 3.05) is 0 Å². The first-order valence-electron chi connectivity index (χ1n) is 12.4. The molecule has 174 valence electrons. The van der Waals surface area contributed by atoms with E-state index in [1.165, 1.54) is 44.6 Å². The van der Waals surface area contributed by atoms with Gasteiger partial charge >= 0.3 is 0 Å². The Hall–Kier alpha value is -0.960. The van der Waals surface area contributed by atoms with Crippen molar-refractivity contribution in [3.05, 3.63) is 35.4 Å². The molecule has 0 aliphatic rings. The van der Waals surface area contributed by atoms with Crippen LogP contribution < -0.4 is 0 Å². The smallest absolute Gasteiger partial charge is 0.129 e. The highest BCUT2D eigenvalue weighted by Gasteiger charge is 2.41. The number of unbranched alkanes of at least 4 members (excludes halogenated alkanes) is 7. The van der Waals surface area contributed by atoms with Gasteiger partial charge < -0.3 is 5.11 Å². The van der Waals surface area contributed by atoms with Crippen LogP contribution in [0.4, 0.5) is 8.78 Å². The third-order valence-corrected chi connectivity index (χ3v) is 6.92. The van der Waals surface area contributed by atoms with Crippen molar-refractivity contribution in [3.8, 4) is 0 Å². The highest BCUT2D eigenvalue weighted by molar-refractivity contribution is 5.18. The van der Waals surface area contributed by atoms with Gasteiger partial charge in [-0.15, -0.1) is 0 Å². The molecule has 0 aromatic heterocycles. The van der Waals surface area contributed by atoms with Crippen LogP contribution in [0.3, 0.4) is 0 Å². The summed E-state index contributed by atoms with van der Waals surface area (Å²) in [5, 5.41) is 11.6. The zero-order valence-corrected chi connectivity index (χ0v) is 20.2. The van der Waals surface area contributed by atoms with Crippen LogP contribution in [0, 0.1) is 29.4 Å². The monoisotopic (exact) mass is 424 g/mol. The van der Waals surface area contributed by atoms with Gasteiger partial charge in [-0.2, -0.15) is 0 Å². The molecule has 0 bridgehead atoms. The highest BCUT2D eigenvalue weighted by atomic mass is 19.1. The molecule has 0 aliphatic heterocycles. The average Bonchev–Trinajstić information content (AvgIpc) is 2.69. The number of hydrogen-bond acceptors (Lipinski definition) is 1. The summed E-state index contributed by atoms with van der Waals surface area (Å²) in [6.45, 7) is 10.8. The molecule has 0 heterocycles. The Morgan fingerprint density at radius 2 is 1.33 bits per heavy atom. The number of benzene rings is 1. The van der Waals surface area contributed by atoms with Crippen LogP contribution >= 0.6 is 0 Å². The molecule has 1 rings (SSSR count). The van der Waals surface area contributed by atoms with Crippen molar-refractivity contribution in [1.82, 2.24) is 0 Å². The molecule has 0 fully saturated rings. The molecule has 3 heteroatoms. The minimum absolute atomic E-state index is 0.232. The molecule has 1 unspecified atom stereocenters. The molecular formula is C27H46F2O. The van der Waals surface area contributed by atoms with Crippen molar-refractivity contribution in [2.45, 2.75) is 117 Å². The predicted molar refractivity (Wildman–Crippen MR) is 125 cm³/mol. The Balaban J connectivity index is 2.55. The largest absolute Gasteiger partial charge is 0.389 e. The van der Waals surface area contributed by atoms with Crippen molar-refractivity contribution >= 4 is 0 Å². The fourth-order valence-electron chi connectivity index (χ4n) is 4.99. The Morgan fingerprint density at radius 3 is 1.87 bits per heavy atom. The maximum atomic E-state index is 13.8. The SMILES string of the molecule is CCCCCCCCC(CCCCCc1ccc(F)cc1F)C(O)(C(C)C)C(C)C. The molecule has 0 amide bonds. The number of rotatable bonds is 16. The third-order valence-electron chi connectivity index (χ3n) is 6.92. The molecule has 0 spiro atoms. The Kier molecular flexibility index (Phi) is 12.8. The number of hydrogen-bond donors (Lipinski definition) is 1. The van der Waals surface area contributed by atoms with Crippen LogP contribution in [-0.4, -0.2) is 10.7 Å². The Labute approximate surface area is 184 Å². The van der Waals surface area contributed by atoms with Gasteiger partial charge in [0.05, 0.1) is 5.60 Å². The van der Waals surface area contributed by atoms with Gasteiger partial charge in [0.25, 0.3) is 0 Å². The van der Waals surface area contributed by atoms with E-state index in [0.29, 0.717) is 17.9 Å². The van der Waals surface area contributed by atoms with Crippen LogP contribution in [0.1, 0.15) is 111 Å². The zero-order valence-electron chi connectivity index (χ0n) is 20.2. The maximum Gasteiger partial charge on any atom is 0.129 e. The summed E-state index contributed by atoms with van der Waals surface area (Å²) in [6.07, 6.45) is 13.4. The van der Waals surface area contributed by atoms with E-state index in [9.17, 15) is 13.9 Å². The minimum atomic E-state index is -0.632. The second kappa shape index (κ2) is 14.2. The first-order chi connectivity index (χ1) is 14.2. The summed E-state index contributed by atoms with van der Waals surface area (Å²) < 4.78 is 26.8. The van der Waals surface area contributed by atoms with Crippen LogP contribution in [-0.2, 0) is 6.42 Å². The van der Waals surface area contributed by atoms with E-state index >= 15 is 0 Å². The first-order valence-corrected chi connectivity index (χ1v) is 12.4. The van der Waals surface area contributed by atoms with E-state index in [4.69, 9.17) is 0 Å². The molecule has 30 heavy (non-hydrogen) atoms. The van der Waals surface area contributed by atoms with Gasteiger partial charge in [-0.3, -0.25) is 0 Å². The Morgan fingerprint density at radius 1 is 0.800 bits per heavy atom. The van der Waals surface area contributed by atoms with Gasteiger partial charge in [0.2, 0.25) is 0 Å². The lowest BCUT2D eigenvalue weighted by atomic mass is 9.68. The summed E-state index contributed by atoms with van der Waals surface area (Å²) in [6, 6.07) is 3.86. The topological polar surface area (TPSA) is 20.2 Å². The van der Waals surface area contributed by atoms with E-state index in [2.05, 4.69) is 34.6 Å². The van der Waals surface area contributed by atoms with Crippen molar-refractivity contribution in [2.24, 2.45) is 17.8 Å². The summed E-state index contributed by atoms with van der Waals surface area (Å²) in [5.41, 5.74) is -0.0344. The molecule has 1 N–H and O–H groups in total. The van der Waals surface area contributed by atoms with Crippen molar-refractivity contribution in [1.29, 1.82) is 0 Å². The molecular weight excluding hydrogens is 378 g/mol. The van der Waals surface area contributed by atoms with E-state index in [1.54, 1.807) is 6.07 Å². The van der Waals surface area contributed by atoms with Gasteiger partial charge in [-0.05, 0) is 55.1 Å². The van der Waals surface area contributed by atoms with E-state index < -0.39 is 17.2 Å². The molecule has 1 aromatic rings. The first kappa shape index (κ1) is 27.1. The highest BCUT2D eigenvalue weighted by Crippen LogP contribution is 2.39. The van der Waals surface area contributed by atoms with E-state index in [0.717, 1.165) is 38.2 Å². The van der Waals surface area contributed by atoms with Gasteiger partial charge in [0.15, 0.2) is 0 Å². The maximum absolute atomic E-state index is 13.8. The molecule has 1 aromatic carbocycles. The number of halogens is 2. The molecule has 0 saturated carbocycles. The second-order valence-corrected chi connectivity index (χ2v) is 9.79. The molecule has 1 nitrogen and oxygen atoms in total. The van der Waals surface area contributed by atoms with Gasteiger partial charge in [0.1, 0.15) is 11.6 Å². The van der Waals surface area contributed by atoms with Crippen molar-refractivity contribution < 1.29 is 13.9 Å². The summed E-state index contributed by atoms with van der Waals surface area (Å²) in [5.74, 6) is -0.182. The standard InChI is InChI=1S/C27H46F2O/c1-6-7-8-9-10-13-16-24(27(30,21(2)3)22(4)5)17-14-11-12-15-23-18-19-25(28)20-26(23)29/h18-22,24,30H,6-17H2,1-5H3. The minimum Gasteiger partial charge on any atom is -0.389 e. The summed E-state index contributed by atoms with van der Waals surface area (Å²) in [4.78, 5) is 0.